The highest BCUT2D eigenvalue weighted by Crippen LogP contribution is 2.67. The summed E-state index contributed by atoms with van der Waals surface area (Å²) in [6.45, 7) is 1.83. The molecule has 0 saturated carbocycles. The molecule has 0 unspecified atom stereocenters. The minimum Gasteiger partial charge on any atom is -0.0930 e. The SMILES string of the molecule is CCC[CH]c1c(C(Cl)(Cl)C(Cl)(Cl)C(Cl)(Cl)Cl)cc(C(Cl)(Cl)C(Cl)(Cl)C(Cl)(Cl)Cl)cc1C(Cl)(Cl)C(Cl)(Cl)C(Cl)(Cl)Cl. The molecule has 0 aromatic heterocycles. The fourth-order valence-corrected chi connectivity index (χ4v) is 7.38. The van der Waals surface area contributed by atoms with Crippen LogP contribution in [0, 0.1) is 6.42 Å². The van der Waals surface area contributed by atoms with Crippen molar-refractivity contribution in [2.75, 3.05) is 0 Å². The van der Waals surface area contributed by atoms with E-state index in [2.05, 4.69) is 0 Å². The summed E-state index contributed by atoms with van der Waals surface area (Å²) < 4.78 is -23.1. The second-order valence-electron chi connectivity index (χ2n) is 7.92. The van der Waals surface area contributed by atoms with Crippen LogP contribution in [0.3, 0.4) is 0 Å². The van der Waals surface area contributed by atoms with Crippen molar-refractivity contribution in [3.63, 3.8) is 0 Å². The van der Waals surface area contributed by atoms with Gasteiger partial charge in [0.15, 0.2) is 13.0 Å². The highest BCUT2D eigenvalue weighted by atomic mass is 35.6. The van der Waals surface area contributed by atoms with Crippen LogP contribution in [0.15, 0.2) is 12.1 Å². The zero-order chi connectivity index (χ0) is 32.3. The fraction of sp³-hybridized carbons (Fsp3) is 0.632. The molecule has 1 rings (SSSR count). The summed E-state index contributed by atoms with van der Waals surface area (Å²) in [4.78, 5) is 0. The van der Waals surface area contributed by atoms with E-state index in [9.17, 15) is 0 Å². The summed E-state index contributed by atoms with van der Waals surface area (Å²) in [5.74, 6) is 0. The van der Waals surface area contributed by atoms with Gasteiger partial charge in [0.2, 0.25) is 24.4 Å². The molecule has 1 radical (unpaired) electrons. The fourth-order valence-electron chi connectivity index (χ4n) is 2.92. The zero-order valence-electron chi connectivity index (χ0n) is 18.6. The molecule has 1 aromatic carbocycles. The Labute approximate surface area is 337 Å². The number of rotatable bonds is 9. The molecule has 0 fully saturated rings. The van der Waals surface area contributed by atoms with Gasteiger partial charge in [0.25, 0.3) is 0 Å². The second kappa shape index (κ2) is 14.3. The summed E-state index contributed by atoms with van der Waals surface area (Å²) in [7, 11) is 0. The molecular weight excluding hydrogens is 973 g/mol. The number of unbranched alkanes of at least 4 members (excludes halogenated alkanes) is 1. The average Bonchev–Trinajstić information content (AvgIpc) is 2.74. The maximum Gasteiger partial charge on any atom is 0.226 e. The summed E-state index contributed by atoms with van der Waals surface area (Å²) in [6.07, 6.45) is 2.41. The van der Waals surface area contributed by atoms with Gasteiger partial charge in [-0.05, 0) is 47.2 Å². The molecule has 40 heavy (non-hydrogen) atoms. The van der Waals surface area contributed by atoms with Crippen LogP contribution in [-0.4, -0.2) is 24.4 Å². The third kappa shape index (κ3) is 8.19. The molecule has 0 nitrogen and oxygen atoms in total. The maximum absolute atomic E-state index is 6.74. The van der Waals surface area contributed by atoms with Crippen molar-refractivity contribution < 1.29 is 0 Å². The Morgan fingerprint density at radius 2 is 0.750 bits per heavy atom. The number of halogens is 21. The van der Waals surface area contributed by atoms with Crippen molar-refractivity contribution in [1.82, 2.24) is 0 Å². The van der Waals surface area contributed by atoms with Crippen LogP contribution >= 0.6 is 244 Å². The Morgan fingerprint density at radius 3 is 1.00 bits per heavy atom. The molecule has 0 heterocycles. The topological polar surface area (TPSA) is 0 Å². The molecule has 0 aliphatic heterocycles. The highest BCUT2D eigenvalue weighted by molar-refractivity contribution is 6.80. The standard InChI is InChI=1S/C19H10Cl21/c1-2-3-4-8-9(12(22,23)15(28,29)18(35,36)37)5-7(11(20,21)14(26,27)17(32,33)34)6-10(8)13(24,25)16(30,31)19(38,39)40/h4-6H,2-3H2,1H3. The smallest absolute Gasteiger partial charge is 0.0930 e. The Kier molecular flexibility index (Phi) is 15.5. The van der Waals surface area contributed by atoms with Crippen LogP contribution in [0.25, 0.3) is 0 Å². The lowest BCUT2D eigenvalue weighted by Crippen LogP contribution is -2.48. The van der Waals surface area contributed by atoms with Crippen LogP contribution in [0.5, 0.6) is 0 Å². The van der Waals surface area contributed by atoms with Gasteiger partial charge in [-0.1, -0.05) is 257 Å². The first-order chi connectivity index (χ1) is 17.3. The van der Waals surface area contributed by atoms with Gasteiger partial charge in [-0.25, -0.2) is 0 Å². The lowest BCUT2D eigenvalue weighted by molar-refractivity contribution is 0.657. The molecule has 0 atom stereocenters. The van der Waals surface area contributed by atoms with Crippen molar-refractivity contribution >= 4 is 244 Å². The lowest BCUT2D eigenvalue weighted by Gasteiger charge is -2.44. The van der Waals surface area contributed by atoms with Crippen LogP contribution in [0.4, 0.5) is 0 Å². The number of hydrogen-bond acceptors (Lipinski definition) is 0. The van der Waals surface area contributed by atoms with Crippen molar-refractivity contribution in [3.05, 3.63) is 40.8 Å². The number of hydrogen-bond donors (Lipinski definition) is 0. The van der Waals surface area contributed by atoms with Crippen molar-refractivity contribution in [2.24, 2.45) is 0 Å². The van der Waals surface area contributed by atoms with Gasteiger partial charge >= 0.3 is 0 Å². The molecule has 233 valence electrons. The number of alkyl halides is 21. The quantitative estimate of drug-likeness (QED) is 0.216. The van der Waals surface area contributed by atoms with E-state index in [1.54, 1.807) is 0 Å². The van der Waals surface area contributed by atoms with Crippen LogP contribution in [-0.2, 0) is 13.0 Å². The van der Waals surface area contributed by atoms with Crippen molar-refractivity contribution in [2.45, 2.75) is 57.1 Å². The molecule has 0 saturated heterocycles. The van der Waals surface area contributed by atoms with Gasteiger partial charge in [-0.15, -0.1) is 0 Å². The molecule has 0 aliphatic rings. The van der Waals surface area contributed by atoms with Crippen molar-refractivity contribution in [3.8, 4) is 0 Å². The van der Waals surface area contributed by atoms with E-state index in [4.69, 9.17) is 244 Å². The second-order valence-corrected chi connectivity index (χ2v) is 22.7. The lowest BCUT2D eigenvalue weighted by atomic mass is 9.87. The first kappa shape index (κ1) is 43.3. The Morgan fingerprint density at radius 1 is 0.475 bits per heavy atom. The van der Waals surface area contributed by atoms with E-state index in [1.807, 2.05) is 6.92 Å². The molecule has 1 aromatic rings. The van der Waals surface area contributed by atoms with Crippen LogP contribution in [0.1, 0.15) is 42.0 Å². The van der Waals surface area contributed by atoms with E-state index in [0.717, 1.165) is 12.1 Å². The highest BCUT2D eigenvalue weighted by Gasteiger charge is 2.66. The van der Waals surface area contributed by atoms with Gasteiger partial charge in [-0.2, -0.15) is 0 Å². The predicted octanol–water partition coefficient (Wildman–Crippen LogP) is 15.6. The Balaban J connectivity index is 4.53. The minimum absolute atomic E-state index is 0.0202. The zero-order valence-corrected chi connectivity index (χ0v) is 34.5. The van der Waals surface area contributed by atoms with Crippen LogP contribution < -0.4 is 0 Å². The minimum atomic E-state index is -2.62. The van der Waals surface area contributed by atoms with Crippen LogP contribution in [0.2, 0.25) is 0 Å². The van der Waals surface area contributed by atoms with E-state index in [-0.39, 0.29) is 22.3 Å². The molecule has 0 aliphatic carbocycles. The first-order valence-corrected chi connectivity index (χ1v) is 17.7. The summed E-state index contributed by atoms with van der Waals surface area (Å²) in [5.41, 5.74) is -0.921. The Bertz CT molecular complexity index is 994. The van der Waals surface area contributed by atoms with Gasteiger partial charge in [0, 0.05) is 0 Å². The summed E-state index contributed by atoms with van der Waals surface area (Å²) >= 11 is 133. The molecule has 0 N–H and O–H groups in total. The van der Waals surface area contributed by atoms with Gasteiger partial charge in [0.1, 0.15) is 0 Å². The molecule has 0 bridgehead atoms. The van der Waals surface area contributed by atoms with E-state index >= 15 is 0 Å². The third-order valence-corrected chi connectivity index (χ3v) is 16.9. The predicted molar refractivity (Wildman–Crippen MR) is 189 cm³/mol. The molecule has 0 amide bonds. The first-order valence-electron chi connectivity index (χ1n) is 9.78. The maximum atomic E-state index is 6.74. The molecular formula is C19H10Cl21. The van der Waals surface area contributed by atoms with E-state index in [1.165, 1.54) is 6.42 Å². The summed E-state index contributed by atoms with van der Waals surface area (Å²) in [6, 6.07) is 2.25. The van der Waals surface area contributed by atoms with Gasteiger partial charge in [0.05, 0.1) is 0 Å². The van der Waals surface area contributed by atoms with Gasteiger partial charge < -0.3 is 0 Å². The van der Waals surface area contributed by atoms with E-state index in [0.29, 0.717) is 12.8 Å². The largest absolute Gasteiger partial charge is 0.226 e. The van der Waals surface area contributed by atoms with E-state index < -0.39 is 37.4 Å². The molecule has 0 spiro atoms. The normalized spacial score (nSPS) is 15.6. The average molecular weight is 983 g/mol. The van der Waals surface area contributed by atoms with Crippen molar-refractivity contribution in [1.29, 1.82) is 0 Å². The third-order valence-electron chi connectivity index (χ3n) is 5.11. The number of benzene rings is 1. The van der Waals surface area contributed by atoms with Gasteiger partial charge in [-0.3, -0.25) is 0 Å². The summed E-state index contributed by atoms with van der Waals surface area (Å²) in [5, 5.41) is 0. The molecule has 21 heteroatoms. The Hall–Kier alpha value is 5.31. The monoisotopic (exact) mass is 972 g/mol.